The maximum Gasteiger partial charge on any atom is 0.407 e. The fourth-order valence-electron chi connectivity index (χ4n) is 2.91. The Morgan fingerprint density at radius 1 is 0.724 bits per heavy atom. The fraction of sp³-hybridized carbons (Fsp3) is 0.789. The van der Waals surface area contributed by atoms with Crippen molar-refractivity contribution >= 4 is 24.1 Å². The van der Waals surface area contributed by atoms with E-state index in [1.165, 1.54) is 13.8 Å². The Kier molecular flexibility index (Phi) is 8.95. The Bertz CT molecular complexity index is 565. The van der Waals surface area contributed by atoms with E-state index in [2.05, 4.69) is 10.6 Å². The third-order valence-electron chi connectivity index (χ3n) is 4.01. The summed E-state index contributed by atoms with van der Waals surface area (Å²) in [4.78, 5) is 48.9. The SMILES string of the molecule is CCC(NC(=O)OC(C)(C)C)C(C(=O)O)(C(=O)O)C(CC)NC(=O)OC(C)(C)C. The number of hydrogen-bond acceptors (Lipinski definition) is 6. The second-order valence-corrected chi connectivity index (χ2v) is 8.69. The van der Waals surface area contributed by atoms with Gasteiger partial charge in [-0.3, -0.25) is 9.59 Å². The summed E-state index contributed by atoms with van der Waals surface area (Å²) in [5.74, 6) is -3.40. The smallest absolute Gasteiger partial charge is 0.407 e. The molecule has 4 N–H and O–H groups in total. The van der Waals surface area contributed by atoms with E-state index in [0.29, 0.717) is 0 Å². The van der Waals surface area contributed by atoms with Gasteiger partial charge in [0.15, 0.2) is 0 Å². The zero-order valence-electron chi connectivity index (χ0n) is 18.4. The molecule has 0 spiro atoms. The molecule has 0 saturated heterocycles. The summed E-state index contributed by atoms with van der Waals surface area (Å²) in [5, 5.41) is 24.5. The molecule has 0 aliphatic heterocycles. The number of nitrogens with one attached hydrogen (secondary N) is 2. The maximum atomic E-state index is 12.2. The zero-order chi connectivity index (χ0) is 23.2. The number of alkyl carbamates (subject to hydrolysis) is 2. The Balaban J connectivity index is 6.07. The van der Waals surface area contributed by atoms with Gasteiger partial charge in [0, 0.05) is 0 Å². The summed E-state index contributed by atoms with van der Waals surface area (Å²) in [7, 11) is 0. The zero-order valence-corrected chi connectivity index (χ0v) is 18.4. The predicted octanol–water partition coefficient (Wildman–Crippen LogP) is 2.75. The van der Waals surface area contributed by atoms with Gasteiger partial charge in [0.1, 0.15) is 11.2 Å². The lowest BCUT2D eigenvalue weighted by molar-refractivity contribution is -0.170. The van der Waals surface area contributed by atoms with Gasteiger partial charge in [-0.25, -0.2) is 9.59 Å². The summed E-state index contributed by atoms with van der Waals surface area (Å²) in [5.41, 5.74) is -4.27. The monoisotopic (exact) mass is 418 g/mol. The van der Waals surface area contributed by atoms with Gasteiger partial charge >= 0.3 is 24.1 Å². The summed E-state index contributed by atoms with van der Waals surface area (Å²) in [6.45, 7) is 12.8. The lowest BCUT2D eigenvalue weighted by Crippen LogP contribution is -2.66. The second kappa shape index (κ2) is 9.80. The van der Waals surface area contributed by atoms with E-state index in [1.54, 1.807) is 41.5 Å². The van der Waals surface area contributed by atoms with E-state index < -0.39 is 52.8 Å². The van der Waals surface area contributed by atoms with Gasteiger partial charge in [-0.1, -0.05) is 13.8 Å². The summed E-state index contributed by atoms with van der Waals surface area (Å²) in [6, 6.07) is -2.74. The quantitative estimate of drug-likeness (QED) is 0.439. The third-order valence-corrected chi connectivity index (χ3v) is 4.01. The molecule has 2 amide bonds. The molecule has 0 aromatic rings. The number of amides is 2. The summed E-state index contributed by atoms with van der Waals surface area (Å²) in [6.07, 6.45) is -1.99. The molecule has 168 valence electrons. The molecule has 0 aromatic carbocycles. The first-order chi connectivity index (χ1) is 13.0. The van der Waals surface area contributed by atoms with Crippen LogP contribution in [0.25, 0.3) is 0 Å². The number of rotatable bonds is 8. The second-order valence-electron chi connectivity index (χ2n) is 8.69. The van der Waals surface area contributed by atoms with E-state index in [0.717, 1.165) is 0 Å². The number of carbonyl (C=O) groups excluding carboxylic acids is 2. The van der Waals surface area contributed by atoms with Crippen molar-refractivity contribution in [2.24, 2.45) is 5.41 Å². The first-order valence-corrected chi connectivity index (χ1v) is 9.47. The largest absolute Gasteiger partial charge is 0.480 e. The van der Waals surface area contributed by atoms with Gasteiger partial charge in [-0.05, 0) is 54.4 Å². The van der Waals surface area contributed by atoms with Crippen molar-refractivity contribution < 1.29 is 38.9 Å². The van der Waals surface area contributed by atoms with Crippen LogP contribution in [0.2, 0.25) is 0 Å². The molecule has 0 aliphatic rings. The number of aliphatic carboxylic acids is 2. The Labute approximate surface area is 171 Å². The number of carboxylic acid groups (broad SMARTS) is 2. The van der Waals surface area contributed by atoms with E-state index >= 15 is 0 Å². The normalized spacial score (nSPS) is 14.3. The molecule has 0 aliphatic carbocycles. The van der Waals surface area contributed by atoms with Crippen LogP contribution >= 0.6 is 0 Å². The molecule has 0 heterocycles. The molecular formula is C19H34N2O8. The van der Waals surface area contributed by atoms with Crippen LogP contribution in [0, 0.1) is 5.41 Å². The minimum atomic E-state index is -2.54. The topological polar surface area (TPSA) is 151 Å². The van der Waals surface area contributed by atoms with E-state index in [4.69, 9.17) is 9.47 Å². The Morgan fingerprint density at radius 2 is 1.00 bits per heavy atom. The van der Waals surface area contributed by atoms with Gasteiger partial charge in [0.2, 0.25) is 5.41 Å². The molecule has 2 unspecified atom stereocenters. The Hall–Kier alpha value is -2.52. The van der Waals surface area contributed by atoms with E-state index in [1.807, 2.05) is 0 Å². The highest BCUT2D eigenvalue weighted by atomic mass is 16.6. The van der Waals surface area contributed by atoms with Gasteiger partial charge in [0.25, 0.3) is 0 Å². The van der Waals surface area contributed by atoms with Crippen molar-refractivity contribution in [2.45, 2.75) is 91.5 Å². The summed E-state index contributed by atoms with van der Waals surface area (Å²) < 4.78 is 10.3. The van der Waals surface area contributed by atoms with Crippen molar-refractivity contribution in [1.29, 1.82) is 0 Å². The number of ether oxygens (including phenoxy) is 2. The predicted molar refractivity (Wildman–Crippen MR) is 105 cm³/mol. The molecule has 0 aromatic heterocycles. The highest BCUT2D eigenvalue weighted by Gasteiger charge is 2.59. The minimum absolute atomic E-state index is 0.0374. The van der Waals surface area contributed by atoms with Crippen LogP contribution in [0.15, 0.2) is 0 Å². The molecule has 29 heavy (non-hydrogen) atoms. The lowest BCUT2D eigenvalue weighted by atomic mass is 9.71. The molecule has 0 fully saturated rings. The van der Waals surface area contributed by atoms with Crippen LogP contribution in [0.3, 0.4) is 0 Å². The van der Waals surface area contributed by atoms with Gasteiger partial charge < -0.3 is 30.3 Å². The van der Waals surface area contributed by atoms with Gasteiger partial charge in [0.05, 0.1) is 12.1 Å². The van der Waals surface area contributed by atoms with Gasteiger partial charge in [-0.2, -0.15) is 0 Å². The van der Waals surface area contributed by atoms with Crippen LogP contribution in [-0.2, 0) is 19.1 Å². The molecule has 0 rings (SSSR count). The molecule has 0 saturated carbocycles. The molecule has 0 radical (unpaired) electrons. The average molecular weight is 418 g/mol. The van der Waals surface area contributed by atoms with Crippen molar-refractivity contribution in [3.63, 3.8) is 0 Å². The van der Waals surface area contributed by atoms with Crippen LogP contribution < -0.4 is 10.6 Å². The molecule has 2 atom stereocenters. The number of hydrogen-bond donors (Lipinski definition) is 4. The molecular weight excluding hydrogens is 384 g/mol. The molecule has 10 heteroatoms. The van der Waals surface area contributed by atoms with Crippen LogP contribution in [0.4, 0.5) is 9.59 Å². The first kappa shape index (κ1) is 26.5. The highest BCUT2D eigenvalue weighted by Crippen LogP contribution is 2.33. The minimum Gasteiger partial charge on any atom is -0.480 e. The average Bonchev–Trinajstić information content (AvgIpc) is 2.48. The van der Waals surface area contributed by atoms with Crippen molar-refractivity contribution in [3.8, 4) is 0 Å². The maximum absolute atomic E-state index is 12.2. The molecule has 0 bridgehead atoms. The Morgan fingerprint density at radius 3 is 1.17 bits per heavy atom. The standard InChI is InChI=1S/C19H34N2O8/c1-9-11(20-15(26)28-17(3,4)5)19(13(22)23,14(24)25)12(10-2)21-16(27)29-18(6,7)8/h11-12H,9-10H2,1-8H3,(H,20,26)(H,21,27)(H,22,23)(H,24,25). The van der Waals surface area contributed by atoms with Crippen molar-refractivity contribution in [1.82, 2.24) is 10.6 Å². The van der Waals surface area contributed by atoms with E-state index in [9.17, 15) is 29.4 Å². The van der Waals surface area contributed by atoms with Crippen LogP contribution in [0.5, 0.6) is 0 Å². The van der Waals surface area contributed by atoms with Gasteiger partial charge in [-0.15, -0.1) is 0 Å². The molecule has 10 nitrogen and oxygen atoms in total. The first-order valence-electron chi connectivity index (χ1n) is 9.47. The highest BCUT2D eigenvalue weighted by molar-refractivity contribution is 6.01. The van der Waals surface area contributed by atoms with Crippen LogP contribution in [-0.4, -0.2) is 57.6 Å². The van der Waals surface area contributed by atoms with Crippen molar-refractivity contribution in [3.05, 3.63) is 0 Å². The fourth-order valence-corrected chi connectivity index (χ4v) is 2.91. The van der Waals surface area contributed by atoms with Crippen LogP contribution in [0.1, 0.15) is 68.2 Å². The number of carbonyl (C=O) groups is 4. The van der Waals surface area contributed by atoms with E-state index in [-0.39, 0.29) is 12.8 Å². The lowest BCUT2D eigenvalue weighted by Gasteiger charge is -2.39. The third kappa shape index (κ3) is 7.43. The van der Waals surface area contributed by atoms with Crippen molar-refractivity contribution in [2.75, 3.05) is 0 Å². The number of carboxylic acids is 2. The summed E-state index contributed by atoms with van der Waals surface area (Å²) >= 11 is 0.